The van der Waals surface area contributed by atoms with E-state index >= 15 is 0 Å². The number of rotatable bonds is 50. The molecule has 0 aliphatic rings. The molecule has 1 unspecified atom stereocenters. The molecule has 0 aromatic heterocycles. The van der Waals surface area contributed by atoms with Crippen LogP contribution in [0.1, 0.15) is 278 Å². The normalized spacial score (nSPS) is 12.3. The quantitative estimate of drug-likeness (QED) is 0.0370. The van der Waals surface area contributed by atoms with Crippen molar-refractivity contribution in [3.8, 4) is 0 Å². The van der Waals surface area contributed by atoms with Gasteiger partial charge in [0.05, 0.1) is 6.54 Å². The zero-order chi connectivity index (χ0) is 49.8. The Balaban J connectivity index is 2.61. The molecule has 1 atom stereocenters. The van der Waals surface area contributed by atoms with Crippen LogP contribution in [0.2, 0.25) is 0 Å². The summed E-state index contributed by atoms with van der Waals surface area (Å²) >= 11 is 0. The van der Waals surface area contributed by atoms with Crippen molar-refractivity contribution in [2.45, 2.75) is 284 Å². The highest BCUT2D eigenvalue weighted by Crippen LogP contribution is 2.20. The maximum Gasteiger partial charge on any atom is 0.306 e. The zero-order valence-electron chi connectivity index (χ0n) is 45.3. The number of anilines is 1. The number of esters is 2. The van der Waals surface area contributed by atoms with Crippen LogP contribution in [-0.2, 0) is 23.9 Å². The SMILES string of the molecule is CCCCCC=CCC=CCCCCCCCC(=O)OC(COC(=O)CCCCCCCC=CCCCCCCCC)CN(C(=O)CCCCCCCC=CCCCCCCCC)c1ccccc1. The Morgan fingerprint density at radius 1 is 0.420 bits per heavy atom. The predicted molar refractivity (Wildman–Crippen MR) is 298 cm³/mol. The minimum absolute atomic E-state index is 0.00761. The average molecular weight is 959 g/mol. The van der Waals surface area contributed by atoms with Crippen molar-refractivity contribution in [3.05, 3.63) is 78.9 Å². The summed E-state index contributed by atoms with van der Waals surface area (Å²) in [6, 6.07) is 9.65. The maximum absolute atomic E-state index is 13.9. The van der Waals surface area contributed by atoms with Gasteiger partial charge < -0.3 is 14.4 Å². The van der Waals surface area contributed by atoms with Gasteiger partial charge in [-0.05, 0) is 115 Å². The average Bonchev–Trinajstić information content (AvgIpc) is 3.36. The Morgan fingerprint density at radius 3 is 1.22 bits per heavy atom. The van der Waals surface area contributed by atoms with Crippen LogP contribution in [0.25, 0.3) is 0 Å². The van der Waals surface area contributed by atoms with Gasteiger partial charge in [-0.1, -0.05) is 222 Å². The van der Waals surface area contributed by atoms with Crippen LogP contribution < -0.4 is 4.90 Å². The minimum Gasteiger partial charge on any atom is -0.462 e. The van der Waals surface area contributed by atoms with Gasteiger partial charge in [0.2, 0.25) is 5.91 Å². The number of ether oxygens (including phenoxy) is 2. The van der Waals surface area contributed by atoms with E-state index in [-0.39, 0.29) is 31.0 Å². The molecule has 6 heteroatoms. The van der Waals surface area contributed by atoms with Gasteiger partial charge in [0, 0.05) is 24.9 Å². The highest BCUT2D eigenvalue weighted by Gasteiger charge is 2.25. The highest BCUT2D eigenvalue weighted by molar-refractivity contribution is 5.93. The van der Waals surface area contributed by atoms with Gasteiger partial charge >= 0.3 is 11.9 Å². The Labute approximate surface area is 426 Å². The summed E-state index contributed by atoms with van der Waals surface area (Å²) in [4.78, 5) is 41.9. The standard InChI is InChI=1S/C63H107NO5/c1-4-7-10-13-16-19-22-25-28-31-34-37-40-43-49-54-61(65)64(59-52-47-46-48-53-59)57-60(69-63(67)56-51-45-42-39-36-33-30-27-24-21-18-15-12-9-6-3)58-68-62(66)55-50-44-41-38-35-32-29-26-23-20-17-14-11-8-5-2/h18,21,25-30,46-48,52-53,60H,4-17,19-20,22-24,31-45,49-51,54-58H2,1-3H3. The van der Waals surface area contributed by atoms with Crippen molar-refractivity contribution >= 4 is 23.5 Å². The Morgan fingerprint density at radius 2 is 0.768 bits per heavy atom. The lowest BCUT2D eigenvalue weighted by Crippen LogP contribution is -2.41. The topological polar surface area (TPSA) is 72.9 Å². The van der Waals surface area contributed by atoms with Gasteiger partial charge in [-0.15, -0.1) is 0 Å². The van der Waals surface area contributed by atoms with E-state index in [9.17, 15) is 14.4 Å². The van der Waals surface area contributed by atoms with Gasteiger partial charge in [0.15, 0.2) is 6.10 Å². The first-order chi connectivity index (χ1) is 34.0. The van der Waals surface area contributed by atoms with Crippen molar-refractivity contribution < 1.29 is 23.9 Å². The summed E-state index contributed by atoms with van der Waals surface area (Å²) in [5, 5.41) is 0. The van der Waals surface area contributed by atoms with Gasteiger partial charge in [0.25, 0.3) is 0 Å². The molecule has 0 spiro atoms. The van der Waals surface area contributed by atoms with Crippen molar-refractivity contribution in [3.63, 3.8) is 0 Å². The summed E-state index contributed by atoms with van der Waals surface area (Å²) in [5.41, 5.74) is 0.768. The van der Waals surface area contributed by atoms with E-state index in [1.807, 2.05) is 30.3 Å². The van der Waals surface area contributed by atoms with E-state index < -0.39 is 6.10 Å². The highest BCUT2D eigenvalue weighted by atomic mass is 16.6. The van der Waals surface area contributed by atoms with Crippen molar-refractivity contribution in [2.24, 2.45) is 0 Å². The molecule has 0 bridgehead atoms. The number of para-hydroxylation sites is 1. The van der Waals surface area contributed by atoms with Crippen molar-refractivity contribution in [2.75, 3.05) is 18.1 Å². The molecule has 0 heterocycles. The number of hydrogen-bond donors (Lipinski definition) is 0. The lowest BCUT2D eigenvalue weighted by molar-refractivity contribution is -0.158. The zero-order valence-corrected chi connectivity index (χ0v) is 45.3. The molecular weight excluding hydrogens is 851 g/mol. The molecule has 394 valence electrons. The van der Waals surface area contributed by atoms with Gasteiger partial charge in [0.1, 0.15) is 6.61 Å². The maximum atomic E-state index is 13.9. The molecule has 0 N–H and O–H groups in total. The number of nitrogens with zero attached hydrogens (tertiary/aromatic N) is 1. The van der Waals surface area contributed by atoms with Gasteiger partial charge in [-0.25, -0.2) is 0 Å². The molecule has 0 aliphatic carbocycles. The Hall–Kier alpha value is -3.41. The summed E-state index contributed by atoms with van der Waals surface area (Å²) in [5.74, 6) is -0.557. The second-order valence-corrected chi connectivity index (χ2v) is 19.8. The number of benzene rings is 1. The van der Waals surface area contributed by atoms with E-state index in [1.165, 1.54) is 141 Å². The molecule has 1 aromatic carbocycles. The molecule has 0 saturated carbocycles. The van der Waals surface area contributed by atoms with Crippen LogP contribution in [0, 0.1) is 0 Å². The molecule has 1 aromatic rings. The van der Waals surface area contributed by atoms with E-state index in [2.05, 4.69) is 69.4 Å². The smallest absolute Gasteiger partial charge is 0.306 e. The Kier molecular flexibility index (Phi) is 47.0. The third-order valence-corrected chi connectivity index (χ3v) is 13.1. The number of carbonyl (C=O) groups is 3. The molecular formula is C63H107NO5. The molecule has 6 nitrogen and oxygen atoms in total. The predicted octanol–water partition coefficient (Wildman–Crippen LogP) is 19.4. The van der Waals surface area contributed by atoms with Gasteiger partial charge in [-0.2, -0.15) is 0 Å². The lowest BCUT2D eigenvalue weighted by Gasteiger charge is -2.28. The molecule has 0 aliphatic heterocycles. The van der Waals surface area contributed by atoms with E-state index in [1.54, 1.807) is 4.90 Å². The van der Waals surface area contributed by atoms with Crippen LogP contribution in [-0.4, -0.2) is 37.1 Å². The third-order valence-electron chi connectivity index (χ3n) is 13.1. The largest absolute Gasteiger partial charge is 0.462 e. The third kappa shape index (κ3) is 43.1. The minimum atomic E-state index is -0.744. The van der Waals surface area contributed by atoms with Crippen LogP contribution in [0.3, 0.4) is 0 Å². The molecule has 69 heavy (non-hydrogen) atoms. The van der Waals surface area contributed by atoms with E-state index in [0.29, 0.717) is 19.3 Å². The number of hydrogen-bond acceptors (Lipinski definition) is 5. The fraction of sp³-hybridized carbons (Fsp3) is 0.730. The molecule has 0 saturated heterocycles. The van der Waals surface area contributed by atoms with E-state index in [4.69, 9.17) is 9.47 Å². The summed E-state index contributed by atoms with van der Waals surface area (Å²) < 4.78 is 11.8. The lowest BCUT2D eigenvalue weighted by atomic mass is 10.1. The van der Waals surface area contributed by atoms with E-state index in [0.717, 1.165) is 102 Å². The molecule has 1 rings (SSSR count). The van der Waals surface area contributed by atoms with Crippen LogP contribution in [0.5, 0.6) is 0 Å². The van der Waals surface area contributed by atoms with Crippen LogP contribution >= 0.6 is 0 Å². The molecule has 0 radical (unpaired) electrons. The fourth-order valence-electron chi connectivity index (χ4n) is 8.69. The number of carbonyl (C=O) groups excluding carboxylic acids is 3. The number of unbranched alkanes of at least 4 members (excludes halogenated alkanes) is 30. The molecule has 0 fully saturated rings. The second-order valence-electron chi connectivity index (χ2n) is 19.8. The summed E-state index contributed by atoms with van der Waals surface area (Å²) in [7, 11) is 0. The van der Waals surface area contributed by atoms with Crippen molar-refractivity contribution in [1.29, 1.82) is 0 Å². The van der Waals surface area contributed by atoms with Crippen molar-refractivity contribution in [1.82, 2.24) is 0 Å². The first kappa shape index (κ1) is 63.6. The summed E-state index contributed by atoms with van der Waals surface area (Å²) in [6.07, 6.45) is 62.5. The molecule has 1 amide bonds. The van der Waals surface area contributed by atoms with Crippen LogP contribution in [0.4, 0.5) is 5.69 Å². The number of amides is 1. The second kappa shape index (κ2) is 51.0. The fourth-order valence-corrected chi connectivity index (χ4v) is 8.69. The first-order valence-electron chi connectivity index (χ1n) is 29.3. The summed E-state index contributed by atoms with van der Waals surface area (Å²) in [6.45, 7) is 6.88. The van der Waals surface area contributed by atoms with Crippen LogP contribution in [0.15, 0.2) is 78.9 Å². The van der Waals surface area contributed by atoms with Gasteiger partial charge in [-0.3, -0.25) is 14.4 Å². The number of allylic oxidation sites excluding steroid dienone is 8. The Bertz CT molecular complexity index is 1420. The monoisotopic (exact) mass is 958 g/mol. The first-order valence-corrected chi connectivity index (χ1v) is 29.3.